The summed E-state index contributed by atoms with van der Waals surface area (Å²) in [4.78, 5) is 0. The summed E-state index contributed by atoms with van der Waals surface area (Å²) >= 11 is 0. The van der Waals surface area contributed by atoms with E-state index in [4.69, 9.17) is 9.84 Å². The van der Waals surface area contributed by atoms with E-state index in [1.807, 2.05) is 18.7 Å². The minimum atomic E-state index is 0.466. The number of benzene rings is 1. The van der Waals surface area contributed by atoms with Crippen molar-refractivity contribution in [2.75, 3.05) is 19.8 Å². The molecule has 0 fully saturated rings. The van der Waals surface area contributed by atoms with Crippen molar-refractivity contribution in [1.29, 1.82) is 0 Å². The van der Waals surface area contributed by atoms with Crippen molar-refractivity contribution in [3.63, 3.8) is 0 Å². The maximum Gasteiger partial charge on any atom is 0.0718 e. The zero-order chi connectivity index (χ0) is 15.1. The largest absolute Gasteiger partial charge is 0.382 e. The minimum absolute atomic E-state index is 0.466. The Hall–Kier alpha value is -1.39. The molecule has 116 valence electrons. The first-order chi connectivity index (χ1) is 10.3. The van der Waals surface area contributed by atoms with Gasteiger partial charge in [0.25, 0.3) is 0 Å². The van der Waals surface area contributed by atoms with Crippen molar-refractivity contribution in [3.05, 3.63) is 30.0 Å². The van der Waals surface area contributed by atoms with Crippen LogP contribution in [-0.4, -0.2) is 35.6 Å². The molecule has 4 heteroatoms. The number of likely N-dealkylation sites (N-methyl/N-ethyl adjacent to an activating group) is 1. The summed E-state index contributed by atoms with van der Waals surface area (Å²) in [7, 11) is 2.02. The van der Waals surface area contributed by atoms with Crippen LogP contribution in [0, 0.1) is 0 Å². The Kier molecular flexibility index (Phi) is 6.21. The fourth-order valence-electron chi connectivity index (χ4n) is 2.81. The molecule has 0 spiro atoms. The standard InChI is InChI=1S/C17H27N3O/c1-4-18-14(9-8-12-21-5-2)13-16-15-10-6-7-11-17(15)20(3)19-16/h6-7,10-11,14,18H,4-5,8-9,12-13H2,1-3H3. The number of aryl methyl sites for hydroxylation is 1. The first-order valence-electron chi connectivity index (χ1n) is 7.98. The van der Waals surface area contributed by atoms with Gasteiger partial charge >= 0.3 is 0 Å². The molecule has 1 heterocycles. The van der Waals surface area contributed by atoms with Crippen molar-refractivity contribution in [2.45, 2.75) is 39.2 Å². The second-order valence-corrected chi connectivity index (χ2v) is 5.39. The molecule has 1 aromatic carbocycles. The number of hydrogen-bond acceptors (Lipinski definition) is 3. The molecule has 0 saturated heterocycles. The van der Waals surface area contributed by atoms with Crippen LogP contribution in [0.4, 0.5) is 0 Å². The van der Waals surface area contributed by atoms with Crippen molar-refractivity contribution in [3.8, 4) is 0 Å². The third-order valence-corrected chi connectivity index (χ3v) is 3.81. The number of nitrogens with one attached hydrogen (secondary N) is 1. The Balaban J connectivity index is 2.04. The Morgan fingerprint density at radius 1 is 1.29 bits per heavy atom. The van der Waals surface area contributed by atoms with Gasteiger partial charge in [0, 0.05) is 38.1 Å². The molecule has 0 aliphatic carbocycles. The van der Waals surface area contributed by atoms with Gasteiger partial charge in [0.15, 0.2) is 0 Å². The summed E-state index contributed by atoms with van der Waals surface area (Å²) < 4.78 is 7.42. The number of nitrogens with zero attached hydrogens (tertiary/aromatic N) is 2. The van der Waals surface area contributed by atoms with Gasteiger partial charge in [0.1, 0.15) is 0 Å². The molecule has 1 atom stereocenters. The van der Waals surface area contributed by atoms with E-state index in [1.54, 1.807) is 0 Å². The van der Waals surface area contributed by atoms with Gasteiger partial charge in [-0.2, -0.15) is 5.10 Å². The molecular formula is C17H27N3O. The lowest BCUT2D eigenvalue weighted by molar-refractivity contribution is 0.140. The lowest BCUT2D eigenvalue weighted by Crippen LogP contribution is -2.31. The minimum Gasteiger partial charge on any atom is -0.382 e. The molecule has 2 rings (SSSR count). The molecule has 0 amide bonds. The van der Waals surface area contributed by atoms with E-state index >= 15 is 0 Å². The molecule has 21 heavy (non-hydrogen) atoms. The number of hydrogen-bond donors (Lipinski definition) is 1. The fourth-order valence-corrected chi connectivity index (χ4v) is 2.81. The number of rotatable bonds is 9. The summed E-state index contributed by atoms with van der Waals surface area (Å²) in [5.41, 5.74) is 2.40. The smallest absolute Gasteiger partial charge is 0.0718 e. The fraction of sp³-hybridized carbons (Fsp3) is 0.588. The van der Waals surface area contributed by atoms with Gasteiger partial charge in [-0.25, -0.2) is 0 Å². The molecule has 0 radical (unpaired) electrons. The molecule has 1 N–H and O–H groups in total. The summed E-state index contributed by atoms with van der Waals surface area (Å²) in [6, 6.07) is 8.92. The van der Waals surface area contributed by atoms with Crippen molar-refractivity contribution >= 4 is 10.9 Å². The average Bonchev–Trinajstić information content (AvgIpc) is 2.81. The maximum absolute atomic E-state index is 5.44. The Bertz CT molecular complexity index is 550. The molecule has 2 aromatic rings. The van der Waals surface area contributed by atoms with Gasteiger partial charge in [0.2, 0.25) is 0 Å². The van der Waals surface area contributed by atoms with Crippen molar-refractivity contribution in [1.82, 2.24) is 15.1 Å². The molecule has 0 saturated carbocycles. The molecule has 1 aromatic heterocycles. The third-order valence-electron chi connectivity index (χ3n) is 3.81. The predicted octanol–water partition coefficient (Wildman–Crippen LogP) is 2.91. The van der Waals surface area contributed by atoms with Crippen LogP contribution in [0.5, 0.6) is 0 Å². The second kappa shape index (κ2) is 8.15. The summed E-state index contributed by atoms with van der Waals surface area (Å²) in [6.07, 6.45) is 3.19. The molecule has 4 nitrogen and oxygen atoms in total. The van der Waals surface area contributed by atoms with Crippen molar-refractivity contribution in [2.24, 2.45) is 7.05 Å². The van der Waals surface area contributed by atoms with E-state index in [0.717, 1.165) is 39.0 Å². The Morgan fingerprint density at radius 2 is 2.10 bits per heavy atom. The van der Waals surface area contributed by atoms with Gasteiger partial charge in [-0.15, -0.1) is 0 Å². The highest BCUT2D eigenvalue weighted by Gasteiger charge is 2.14. The van der Waals surface area contributed by atoms with Crippen LogP contribution < -0.4 is 5.32 Å². The van der Waals surface area contributed by atoms with Crippen LogP contribution in [0.25, 0.3) is 10.9 Å². The molecule has 0 aliphatic heterocycles. The van der Waals surface area contributed by atoms with Crippen molar-refractivity contribution < 1.29 is 4.74 Å². The maximum atomic E-state index is 5.44. The first-order valence-corrected chi connectivity index (χ1v) is 7.98. The summed E-state index contributed by atoms with van der Waals surface area (Å²) in [6.45, 7) is 6.84. The van der Waals surface area contributed by atoms with Crippen LogP contribution in [0.1, 0.15) is 32.4 Å². The van der Waals surface area contributed by atoms with Crippen LogP contribution in [0.2, 0.25) is 0 Å². The van der Waals surface area contributed by atoms with Gasteiger partial charge in [-0.05, 0) is 32.4 Å². The third kappa shape index (κ3) is 4.29. The molecule has 1 unspecified atom stereocenters. The van der Waals surface area contributed by atoms with E-state index in [2.05, 4.69) is 36.5 Å². The lowest BCUT2D eigenvalue weighted by Gasteiger charge is -2.17. The van der Waals surface area contributed by atoms with Gasteiger partial charge < -0.3 is 10.1 Å². The van der Waals surface area contributed by atoms with Crippen LogP contribution >= 0.6 is 0 Å². The normalized spacial score (nSPS) is 12.9. The highest BCUT2D eigenvalue weighted by molar-refractivity contribution is 5.81. The number of para-hydroxylation sites is 1. The van der Waals surface area contributed by atoms with Gasteiger partial charge in [-0.1, -0.05) is 25.1 Å². The summed E-state index contributed by atoms with van der Waals surface area (Å²) in [5.74, 6) is 0. The van der Waals surface area contributed by atoms with E-state index < -0.39 is 0 Å². The van der Waals surface area contributed by atoms with E-state index in [-0.39, 0.29) is 0 Å². The molecule has 0 bridgehead atoms. The zero-order valence-electron chi connectivity index (χ0n) is 13.4. The molecule has 0 aliphatic rings. The zero-order valence-corrected chi connectivity index (χ0v) is 13.4. The summed E-state index contributed by atoms with van der Waals surface area (Å²) in [5, 5.41) is 9.55. The topological polar surface area (TPSA) is 39.1 Å². The Morgan fingerprint density at radius 3 is 2.86 bits per heavy atom. The van der Waals surface area contributed by atoms with E-state index in [0.29, 0.717) is 6.04 Å². The number of aromatic nitrogens is 2. The van der Waals surface area contributed by atoms with Gasteiger partial charge in [0.05, 0.1) is 11.2 Å². The van der Waals surface area contributed by atoms with Crippen LogP contribution in [0.3, 0.4) is 0 Å². The van der Waals surface area contributed by atoms with E-state index in [9.17, 15) is 0 Å². The number of ether oxygens (including phenoxy) is 1. The highest BCUT2D eigenvalue weighted by Crippen LogP contribution is 2.19. The highest BCUT2D eigenvalue weighted by atomic mass is 16.5. The van der Waals surface area contributed by atoms with E-state index in [1.165, 1.54) is 16.6 Å². The van der Waals surface area contributed by atoms with Gasteiger partial charge in [-0.3, -0.25) is 4.68 Å². The quantitative estimate of drug-likeness (QED) is 0.721. The van der Waals surface area contributed by atoms with Crippen LogP contribution in [0.15, 0.2) is 24.3 Å². The number of fused-ring (bicyclic) bond motifs is 1. The second-order valence-electron chi connectivity index (χ2n) is 5.39. The first kappa shape index (κ1) is 16.0. The SMILES string of the molecule is CCNC(CCCOCC)Cc1nn(C)c2ccccc12. The monoisotopic (exact) mass is 289 g/mol. The Labute approximate surface area is 127 Å². The average molecular weight is 289 g/mol. The lowest BCUT2D eigenvalue weighted by atomic mass is 10.0. The molecular weight excluding hydrogens is 262 g/mol. The van der Waals surface area contributed by atoms with Crippen LogP contribution in [-0.2, 0) is 18.2 Å². The predicted molar refractivity (Wildman–Crippen MR) is 87.6 cm³/mol.